The molecule has 0 heterocycles. The van der Waals surface area contributed by atoms with Gasteiger partial charge in [-0.25, -0.2) is 0 Å². The highest BCUT2D eigenvalue weighted by atomic mass is 127. The molecule has 0 aromatic rings. The molecule has 2 N–H and O–H groups in total. The second-order valence-corrected chi connectivity index (χ2v) is 6.54. The molecule has 3 fully saturated rings. The van der Waals surface area contributed by atoms with Crippen molar-refractivity contribution < 1.29 is 0 Å². The second kappa shape index (κ2) is 6.64. The Morgan fingerprint density at radius 3 is 2.32 bits per heavy atom. The molecule has 19 heavy (non-hydrogen) atoms. The molecule has 0 aromatic carbocycles. The fourth-order valence-electron chi connectivity index (χ4n) is 3.48. The van der Waals surface area contributed by atoms with Crippen LogP contribution >= 0.6 is 24.0 Å². The zero-order chi connectivity index (χ0) is 12.4. The summed E-state index contributed by atoms with van der Waals surface area (Å²) in [6.07, 6.45) is 12.6. The van der Waals surface area contributed by atoms with Gasteiger partial charge >= 0.3 is 0 Å². The van der Waals surface area contributed by atoms with Crippen LogP contribution in [-0.2, 0) is 0 Å². The molecule has 0 amide bonds. The summed E-state index contributed by atoms with van der Waals surface area (Å²) in [5, 5.41) is 7.18. The molecule has 110 valence electrons. The minimum Gasteiger partial charge on any atom is -0.356 e. The molecule has 0 spiro atoms. The maximum absolute atomic E-state index is 4.39. The van der Waals surface area contributed by atoms with Gasteiger partial charge in [0.15, 0.2) is 5.96 Å². The lowest BCUT2D eigenvalue weighted by Crippen LogP contribution is -2.46. The summed E-state index contributed by atoms with van der Waals surface area (Å²) in [4.78, 5) is 4.39. The molecule has 0 atom stereocenters. The predicted octanol–water partition coefficient (Wildman–Crippen LogP) is 3.29. The van der Waals surface area contributed by atoms with Gasteiger partial charge in [0.25, 0.3) is 0 Å². The maximum Gasteiger partial charge on any atom is 0.191 e. The van der Waals surface area contributed by atoms with Crippen molar-refractivity contribution in [1.82, 2.24) is 10.6 Å². The lowest BCUT2D eigenvalue weighted by Gasteiger charge is -2.26. The molecule has 0 radical (unpaired) electrons. The topological polar surface area (TPSA) is 36.4 Å². The van der Waals surface area contributed by atoms with Crippen molar-refractivity contribution in [3.8, 4) is 0 Å². The van der Waals surface area contributed by atoms with Crippen LogP contribution in [0.3, 0.4) is 0 Å². The van der Waals surface area contributed by atoms with Gasteiger partial charge in [0.2, 0.25) is 0 Å². The van der Waals surface area contributed by atoms with Crippen molar-refractivity contribution >= 4 is 29.9 Å². The van der Waals surface area contributed by atoms with E-state index >= 15 is 0 Å². The molecular formula is C15H28IN3. The van der Waals surface area contributed by atoms with Gasteiger partial charge in [-0.15, -0.1) is 24.0 Å². The molecule has 0 bridgehead atoms. The van der Waals surface area contributed by atoms with Gasteiger partial charge in [-0.05, 0) is 49.9 Å². The van der Waals surface area contributed by atoms with Gasteiger partial charge in [-0.3, -0.25) is 4.99 Å². The van der Waals surface area contributed by atoms with Crippen molar-refractivity contribution in [3.63, 3.8) is 0 Å². The van der Waals surface area contributed by atoms with Crippen molar-refractivity contribution in [2.24, 2.45) is 16.3 Å². The highest BCUT2D eigenvalue weighted by molar-refractivity contribution is 14.0. The summed E-state index contributed by atoms with van der Waals surface area (Å²) in [5.41, 5.74) is 0.657. The fourth-order valence-corrected chi connectivity index (χ4v) is 3.48. The van der Waals surface area contributed by atoms with Crippen molar-refractivity contribution in [1.29, 1.82) is 0 Å². The number of nitrogens with one attached hydrogen (secondary N) is 2. The zero-order valence-electron chi connectivity index (χ0n) is 12.1. The van der Waals surface area contributed by atoms with Crippen LogP contribution in [0.2, 0.25) is 0 Å². The molecule has 4 heteroatoms. The van der Waals surface area contributed by atoms with Crippen molar-refractivity contribution in [3.05, 3.63) is 0 Å². The first-order valence-electron chi connectivity index (χ1n) is 7.80. The molecule has 0 unspecified atom stereocenters. The van der Waals surface area contributed by atoms with E-state index in [1.54, 1.807) is 0 Å². The van der Waals surface area contributed by atoms with Crippen LogP contribution in [0, 0.1) is 11.3 Å². The Kier molecular flexibility index (Phi) is 5.37. The lowest BCUT2D eigenvalue weighted by atomic mass is 9.96. The largest absolute Gasteiger partial charge is 0.356 e. The number of guanidine groups is 1. The fraction of sp³-hybridized carbons (Fsp3) is 0.933. The molecule has 3 nitrogen and oxygen atoms in total. The maximum atomic E-state index is 4.39. The summed E-state index contributed by atoms with van der Waals surface area (Å²) >= 11 is 0. The number of hydrogen-bond acceptors (Lipinski definition) is 1. The third-order valence-electron chi connectivity index (χ3n) is 5.11. The van der Waals surface area contributed by atoms with Gasteiger partial charge in [-0.2, -0.15) is 0 Å². The Hall–Kier alpha value is 0. The van der Waals surface area contributed by atoms with Crippen LogP contribution in [0.5, 0.6) is 0 Å². The number of hydrogen-bond donors (Lipinski definition) is 2. The van der Waals surface area contributed by atoms with E-state index in [1.807, 2.05) is 7.05 Å². The van der Waals surface area contributed by atoms with Crippen LogP contribution < -0.4 is 10.6 Å². The average molecular weight is 377 g/mol. The number of aliphatic imine (C=N–C) groups is 1. The van der Waals surface area contributed by atoms with E-state index in [-0.39, 0.29) is 24.0 Å². The molecular weight excluding hydrogens is 349 g/mol. The zero-order valence-corrected chi connectivity index (χ0v) is 14.4. The Bertz CT molecular complexity index is 315. The van der Waals surface area contributed by atoms with Crippen molar-refractivity contribution in [2.75, 3.05) is 13.6 Å². The molecule has 0 saturated heterocycles. The SMILES string of the molecule is CN=C(NCC1(C2CC2)CC1)NC1CCCCC1.I. The number of halogens is 1. The smallest absolute Gasteiger partial charge is 0.191 e. The first-order valence-corrected chi connectivity index (χ1v) is 7.80. The molecule has 3 saturated carbocycles. The highest BCUT2D eigenvalue weighted by Gasteiger charge is 2.53. The number of nitrogens with zero attached hydrogens (tertiary/aromatic N) is 1. The normalized spacial score (nSPS) is 26.5. The standard InChI is InChI=1S/C15H27N3.HI/c1-16-14(18-13-5-3-2-4-6-13)17-11-15(9-10-15)12-7-8-12;/h12-13H,2-11H2,1H3,(H2,16,17,18);1H. The Balaban J connectivity index is 0.00000133. The number of rotatable bonds is 4. The summed E-state index contributed by atoms with van der Waals surface area (Å²) in [5.74, 6) is 2.06. The summed E-state index contributed by atoms with van der Waals surface area (Å²) in [6.45, 7) is 1.14. The first kappa shape index (κ1) is 15.4. The molecule has 3 aliphatic carbocycles. The molecule has 0 aromatic heterocycles. The minimum atomic E-state index is 0. The van der Waals surface area contributed by atoms with Crippen LogP contribution in [0.4, 0.5) is 0 Å². The van der Waals surface area contributed by atoms with E-state index in [0.29, 0.717) is 11.5 Å². The Morgan fingerprint density at radius 2 is 1.79 bits per heavy atom. The van der Waals surface area contributed by atoms with Crippen LogP contribution in [-0.4, -0.2) is 25.6 Å². The lowest BCUT2D eigenvalue weighted by molar-refractivity contribution is 0.400. The Labute approximate surface area is 134 Å². The van der Waals surface area contributed by atoms with E-state index in [0.717, 1.165) is 18.4 Å². The van der Waals surface area contributed by atoms with Gasteiger partial charge in [-0.1, -0.05) is 19.3 Å². The van der Waals surface area contributed by atoms with Gasteiger partial charge < -0.3 is 10.6 Å². The third-order valence-corrected chi connectivity index (χ3v) is 5.11. The summed E-state index contributed by atoms with van der Waals surface area (Å²) < 4.78 is 0. The van der Waals surface area contributed by atoms with Gasteiger partial charge in [0.1, 0.15) is 0 Å². The first-order chi connectivity index (χ1) is 8.82. The van der Waals surface area contributed by atoms with E-state index in [9.17, 15) is 0 Å². The van der Waals surface area contributed by atoms with Crippen LogP contribution in [0.15, 0.2) is 4.99 Å². The van der Waals surface area contributed by atoms with E-state index in [4.69, 9.17) is 0 Å². The summed E-state index contributed by atoms with van der Waals surface area (Å²) in [6, 6.07) is 0.654. The van der Waals surface area contributed by atoms with E-state index < -0.39 is 0 Å². The molecule has 3 aliphatic rings. The van der Waals surface area contributed by atoms with Gasteiger partial charge in [0.05, 0.1) is 0 Å². The third kappa shape index (κ3) is 3.99. The molecule has 3 rings (SSSR count). The molecule has 0 aliphatic heterocycles. The van der Waals surface area contributed by atoms with Gasteiger partial charge in [0, 0.05) is 19.6 Å². The second-order valence-electron chi connectivity index (χ2n) is 6.54. The highest BCUT2D eigenvalue weighted by Crippen LogP contribution is 2.60. The quantitative estimate of drug-likeness (QED) is 0.448. The van der Waals surface area contributed by atoms with Crippen LogP contribution in [0.25, 0.3) is 0 Å². The monoisotopic (exact) mass is 377 g/mol. The van der Waals surface area contributed by atoms with Crippen LogP contribution in [0.1, 0.15) is 57.8 Å². The average Bonchev–Trinajstić information content (AvgIpc) is 3.28. The summed E-state index contributed by atoms with van der Waals surface area (Å²) in [7, 11) is 1.90. The van der Waals surface area contributed by atoms with E-state index in [1.165, 1.54) is 57.8 Å². The van der Waals surface area contributed by atoms with Crippen molar-refractivity contribution in [2.45, 2.75) is 63.8 Å². The minimum absolute atomic E-state index is 0. The van der Waals surface area contributed by atoms with E-state index in [2.05, 4.69) is 15.6 Å². The Morgan fingerprint density at radius 1 is 1.11 bits per heavy atom. The predicted molar refractivity (Wildman–Crippen MR) is 91.2 cm³/mol.